The standard InChI is InChI=1S/C12H23NO4S/c1-15-5-2-8-18(14)11-9-12(4-3-10(11)13)16-6-7-17-12/h10-11H,2-9,13H2,1H3. The highest BCUT2D eigenvalue weighted by molar-refractivity contribution is 7.85. The van der Waals surface area contributed by atoms with Crippen molar-refractivity contribution in [2.45, 2.75) is 42.8 Å². The maximum absolute atomic E-state index is 12.3. The molecule has 18 heavy (non-hydrogen) atoms. The predicted octanol–water partition coefficient (Wildman–Crippen LogP) is 0.395. The van der Waals surface area contributed by atoms with E-state index in [0.717, 1.165) is 19.3 Å². The lowest BCUT2D eigenvalue weighted by molar-refractivity contribution is -0.177. The third kappa shape index (κ3) is 3.30. The maximum Gasteiger partial charge on any atom is 0.169 e. The Morgan fingerprint density at radius 1 is 1.44 bits per heavy atom. The summed E-state index contributed by atoms with van der Waals surface area (Å²) in [6, 6.07) is -0.00759. The molecule has 0 radical (unpaired) electrons. The molecule has 2 rings (SSSR count). The molecule has 1 aliphatic heterocycles. The summed E-state index contributed by atoms with van der Waals surface area (Å²) in [5.41, 5.74) is 6.10. The van der Waals surface area contributed by atoms with Crippen LogP contribution in [0.1, 0.15) is 25.7 Å². The zero-order valence-corrected chi connectivity index (χ0v) is 11.7. The second-order valence-electron chi connectivity index (χ2n) is 4.98. The number of ether oxygens (including phenoxy) is 3. The maximum atomic E-state index is 12.3. The molecule has 1 heterocycles. The van der Waals surface area contributed by atoms with Gasteiger partial charge in [0.25, 0.3) is 0 Å². The van der Waals surface area contributed by atoms with Gasteiger partial charge in [0.15, 0.2) is 5.79 Å². The van der Waals surface area contributed by atoms with Crippen molar-refractivity contribution < 1.29 is 18.4 Å². The van der Waals surface area contributed by atoms with Gasteiger partial charge in [-0.1, -0.05) is 0 Å². The zero-order chi connectivity index (χ0) is 13.0. The number of nitrogens with two attached hydrogens (primary N) is 1. The second-order valence-corrected chi connectivity index (χ2v) is 6.76. The van der Waals surface area contributed by atoms with E-state index in [-0.39, 0.29) is 11.3 Å². The van der Waals surface area contributed by atoms with Gasteiger partial charge < -0.3 is 19.9 Å². The molecule has 2 N–H and O–H groups in total. The van der Waals surface area contributed by atoms with Gasteiger partial charge >= 0.3 is 0 Å². The van der Waals surface area contributed by atoms with Crippen LogP contribution in [0.5, 0.6) is 0 Å². The lowest BCUT2D eigenvalue weighted by atomic mass is 9.90. The summed E-state index contributed by atoms with van der Waals surface area (Å²) in [6.45, 7) is 1.92. The van der Waals surface area contributed by atoms with E-state index in [4.69, 9.17) is 19.9 Å². The molecule has 3 unspecified atom stereocenters. The molecule has 2 aliphatic rings. The molecule has 2 fully saturated rings. The highest BCUT2D eigenvalue weighted by Crippen LogP contribution is 2.37. The van der Waals surface area contributed by atoms with Crippen LogP contribution in [0, 0.1) is 0 Å². The van der Waals surface area contributed by atoms with E-state index >= 15 is 0 Å². The van der Waals surface area contributed by atoms with Gasteiger partial charge in [-0.15, -0.1) is 0 Å². The summed E-state index contributed by atoms with van der Waals surface area (Å²) in [5.74, 6) is 0.139. The molecule has 1 spiro atoms. The lowest BCUT2D eigenvalue weighted by Crippen LogP contribution is -2.51. The molecule has 3 atom stereocenters. The molecule has 6 heteroatoms. The minimum absolute atomic E-state index is 0.00759. The lowest BCUT2D eigenvalue weighted by Gasteiger charge is -2.39. The first kappa shape index (κ1) is 14.4. The van der Waals surface area contributed by atoms with Crippen LogP contribution in [0.4, 0.5) is 0 Å². The summed E-state index contributed by atoms with van der Waals surface area (Å²) in [4.78, 5) is 0. The van der Waals surface area contributed by atoms with E-state index in [1.165, 1.54) is 0 Å². The van der Waals surface area contributed by atoms with Crippen LogP contribution in [-0.4, -0.2) is 54.0 Å². The van der Waals surface area contributed by atoms with E-state index < -0.39 is 16.6 Å². The number of rotatable bonds is 5. The van der Waals surface area contributed by atoms with Crippen LogP contribution in [-0.2, 0) is 25.0 Å². The molecule has 106 valence electrons. The first-order valence-electron chi connectivity index (χ1n) is 6.56. The fraction of sp³-hybridized carbons (Fsp3) is 1.00. The first-order chi connectivity index (χ1) is 8.67. The van der Waals surface area contributed by atoms with Crippen LogP contribution in [0.2, 0.25) is 0 Å². The minimum atomic E-state index is -0.925. The highest BCUT2D eigenvalue weighted by atomic mass is 32.2. The van der Waals surface area contributed by atoms with Gasteiger partial charge in [-0.25, -0.2) is 0 Å². The monoisotopic (exact) mass is 277 g/mol. The second kappa shape index (κ2) is 6.43. The molecule has 0 aromatic rings. The van der Waals surface area contributed by atoms with Crippen molar-refractivity contribution in [1.82, 2.24) is 0 Å². The Bertz CT molecular complexity index is 294. The van der Waals surface area contributed by atoms with Crippen molar-refractivity contribution in [1.29, 1.82) is 0 Å². The molecule has 0 bridgehead atoms. The van der Waals surface area contributed by atoms with Crippen molar-refractivity contribution in [2.24, 2.45) is 5.73 Å². The van der Waals surface area contributed by atoms with E-state index in [1.807, 2.05) is 0 Å². The Labute approximate surface area is 111 Å². The Kier molecular flexibility index (Phi) is 5.14. The fourth-order valence-corrected chi connectivity index (χ4v) is 4.35. The zero-order valence-electron chi connectivity index (χ0n) is 10.9. The van der Waals surface area contributed by atoms with Crippen molar-refractivity contribution in [2.75, 3.05) is 32.7 Å². The molecule has 0 aromatic carbocycles. The molecule has 1 saturated carbocycles. The summed E-state index contributed by atoms with van der Waals surface area (Å²) in [6.07, 6.45) is 3.11. The Morgan fingerprint density at radius 2 is 2.17 bits per heavy atom. The van der Waals surface area contributed by atoms with Crippen LogP contribution < -0.4 is 5.73 Å². The van der Waals surface area contributed by atoms with Gasteiger partial charge in [0.1, 0.15) is 0 Å². The van der Waals surface area contributed by atoms with Gasteiger partial charge in [-0.2, -0.15) is 0 Å². The van der Waals surface area contributed by atoms with E-state index in [2.05, 4.69) is 0 Å². The molecular formula is C12H23NO4S. The summed E-state index contributed by atoms with van der Waals surface area (Å²) in [7, 11) is 0.732. The van der Waals surface area contributed by atoms with Crippen LogP contribution >= 0.6 is 0 Å². The van der Waals surface area contributed by atoms with Gasteiger partial charge in [-0.3, -0.25) is 4.21 Å². The van der Waals surface area contributed by atoms with Crippen LogP contribution in [0.3, 0.4) is 0 Å². The highest BCUT2D eigenvalue weighted by Gasteiger charge is 2.45. The molecule has 1 aliphatic carbocycles. The molecule has 5 nitrogen and oxygen atoms in total. The average Bonchev–Trinajstić information content (AvgIpc) is 2.81. The van der Waals surface area contributed by atoms with Crippen LogP contribution in [0.15, 0.2) is 0 Å². The number of hydrogen-bond donors (Lipinski definition) is 1. The number of hydrogen-bond acceptors (Lipinski definition) is 5. The normalized spacial score (nSPS) is 32.8. The average molecular weight is 277 g/mol. The quantitative estimate of drug-likeness (QED) is 0.736. The third-order valence-corrected chi connectivity index (χ3v) is 5.58. The van der Waals surface area contributed by atoms with E-state index in [9.17, 15) is 4.21 Å². The molecular weight excluding hydrogens is 254 g/mol. The van der Waals surface area contributed by atoms with Gasteiger partial charge in [-0.05, 0) is 12.8 Å². The first-order valence-corrected chi connectivity index (χ1v) is 7.95. The Hall–Kier alpha value is -0.0100. The molecule has 0 aromatic heterocycles. The van der Waals surface area contributed by atoms with Crippen molar-refractivity contribution >= 4 is 10.8 Å². The summed E-state index contributed by atoms with van der Waals surface area (Å²) in [5, 5.41) is -0.0197. The van der Waals surface area contributed by atoms with Gasteiger partial charge in [0, 0.05) is 49.2 Å². The van der Waals surface area contributed by atoms with E-state index in [1.54, 1.807) is 7.11 Å². The fourth-order valence-electron chi connectivity index (χ4n) is 2.68. The summed E-state index contributed by atoms with van der Waals surface area (Å²) >= 11 is 0. The van der Waals surface area contributed by atoms with E-state index in [0.29, 0.717) is 32.0 Å². The molecule has 1 saturated heterocycles. The van der Waals surface area contributed by atoms with Gasteiger partial charge in [0.05, 0.1) is 18.5 Å². The van der Waals surface area contributed by atoms with Crippen LogP contribution in [0.25, 0.3) is 0 Å². The largest absolute Gasteiger partial charge is 0.385 e. The Morgan fingerprint density at radius 3 is 2.83 bits per heavy atom. The van der Waals surface area contributed by atoms with Gasteiger partial charge in [0.2, 0.25) is 0 Å². The van der Waals surface area contributed by atoms with Crippen molar-refractivity contribution in [3.8, 4) is 0 Å². The van der Waals surface area contributed by atoms with Crippen molar-refractivity contribution in [3.05, 3.63) is 0 Å². The predicted molar refractivity (Wildman–Crippen MR) is 69.8 cm³/mol. The summed E-state index contributed by atoms with van der Waals surface area (Å²) < 4.78 is 28.7. The van der Waals surface area contributed by atoms with Crippen molar-refractivity contribution in [3.63, 3.8) is 0 Å². The SMILES string of the molecule is COCCCS(=O)C1CC2(CCC1N)OCCO2. The third-order valence-electron chi connectivity index (χ3n) is 3.69. The Balaban J connectivity index is 1.90. The minimum Gasteiger partial charge on any atom is -0.385 e. The molecule has 0 amide bonds. The number of methoxy groups -OCH3 is 1. The topological polar surface area (TPSA) is 70.8 Å². The smallest absolute Gasteiger partial charge is 0.169 e.